The van der Waals surface area contributed by atoms with Gasteiger partial charge in [-0.25, -0.2) is 0 Å². The third-order valence-corrected chi connectivity index (χ3v) is 6.38. The van der Waals surface area contributed by atoms with Gasteiger partial charge in [-0.3, -0.25) is 4.90 Å². The molecule has 0 saturated carbocycles. The number of nitrogens with one attached hydrogen (secondary N) is 1. The molecule has 3 nitrogen and oxygen atoms in total. The van der Waals surface area contributed by atoms with Gasteiger partial charge in [-0.15, -0.1) is 0 Å². The highest BCUT2D eigenvalue weighted by Crippen LogP contribution is 2.32. The Morgan fingerprint density at radius 2 is 1.61 bits per heavy atom. The lowest BCUT2D eigenvalue weighted by molar-refractivity contribution is 0.109. The van der Waals surface area contributed by atoms with Crippen LogP contribution in [0.5, 0.6) is 5.75 Å². The summed E-state index contributed by atoms with van der Waals surface area (Å²) >= 11 is 0. The molecule has 2 atom stereocenters. The van der Waals surface area contributed by atoms with Gasteiger partial charge in [-0.1, -0.05) is 78.9 Å². The first-order valence-electron chi connectivity index (χ1n) is 11.5. The largest absolute Gasteiger partial charge is 0.496 e. The molecule has 1 aliphatic heterocycles. The lowest BCUT2D eigenvalue weighted by Crippen LogP contribution is -2.48. The van der Waals surface area contributed by atoms with Crippen LogP contribution < -0.4 is 10.1 Å². The number of likely N-dealkylation sites (tertiary alicyclic amines) is 1. The van der Waals surface area contributed by atoms with Gasteiger partial charge in [0.2, 0.25) is 0 Å². The van der Waals surface area contributed by atoms with E-state index in [1.165, 1.54) is 42.5 Å². The minimum absolute atomic E-state index is 0.403. The maximum Gasteiger partial charge on any atom is 0.123 e. The number of ether oxygens (including phenoxy) is 1. The van der Waals surface area contributed by atoms with Crippen molar-refractivity contribution in [1.82, 2.24) is 10.2 Å². The van der Waals surface area contributed by atoms with E-state index < -0.39 is 0 Å². The summed E-state index contributed by atoms with van der Waals surface area (Å²) in [4.78, 5) is 2.70. The minimum Gasteiger partial charge on any atom is -0.496 e. The summed E-state index contributed by atoms with van der Waals surface area (Å²) in [6, 6.07) is 31.0. The SMILES string of the molecule is COc1ccccc1CNC1CCCN(CCCc2ccccc2)C1c1ccccc1. The molecule has 31 heavy (non-hydrogen) atoms. The van der Waals surface area contributed by atoms with E-state index in [0.717, 1.165) is 25.3 Å². The van der Waals surface area contributed by atoms with Crippen molar-refractivity contribution in [3.05, 3.63) is 102 Å². The van der Waals surface area contributed by atoms with E-state index in [4.69, 9.17) is 4.74 Å². The second-order valence-electron chi connectivity index (χ2n) is 8.42. The van der Waals surface area contributed by atoms with E-state index in [-0.39, 0.29) is 0 Å². The highest BCUT2D eigenvalue weighted by atomic mass is 16.5. The lowest BCUT2D eigenvalue weighted by Gasteiger charge is -2.42. The van der Waals surface area contributed by atoms with Crippen LogP contribution in [0.3, 0.4) is 0 Å². The Morgan fingerprint density at radius 1 is 0.903 bits per heavy atom. The zero-order valence-electron chi connectivity index (χ0n) is 18.5. The van der Waals surface area contributed by atoms with Gasteiger partial charge in [-0.2, -0.15) is 0 Å². The van der Waals surface area contributed by atoms with Gasteiger partial charge < -0.3 is 10.1 Å². The first kappa shape index (κ1) is 21.6. The van der Waals surface area contributed by atoms with Gasteiger partial charge in [-0.05, 0) is 56.0 Å². The summed E-state index contributed by atoms with van der Waals surface area (Å²) in [6.07, 6.45) is 4.76. The molecule has 1 heterocycles. The van der Waals surface area contributed by atoms with Crippen LogP contribution in [0.2, 0.25) is 0 Å². The Morgan fingerprint density at radius 3 is 2.39 bits per heavy atom. The molecule has 0 aliphatic carbocycles. The molecule has 0 spiro atoms. The van der Waals surface area contributed by atoms with Crippen molar-refractivity contribution in [3.63, 3.8) is 0 Å². The van der Waals surface area contributed by atoms with Crippen molar-refractivity contribution in [3.8, 4) is 5.75 Å². The number of piperidine rings is 1. The zero-order valence-corrected chi connectivity index (χ0v) is 18.5. The van der Waals surface area contributed by atoms with Crippen LogP contribution in [0.15, 0.2) is 84.9 Å². The quantitative estimate of drug-likeness (QED) is 0.492. The Hall–Kier alpha value is -2.62. The summed E-state index contributed by atoms with van der Waals surface area (Å²) in [6.45, 7) is 3.12. The number of benzene rings is 3. The van der Waals surface area contributed by atoms with E-state index in [1.807, 2.05) is 12.1 Å². The summed E-state index contributed by atoms with van der Waals surface area (Å²) < 4.78 is 5.56. The smallest absolute Gasteiger partial charge is 0.123 e. The molecular weight excluding hydrogens is 380 g/mol. The third kappa shape index (κ3) is 5.75. The van der Waals surface area contributed by atoms with Crippen molar-refractivity contribution in [2.24, 2.45) is 0 Å². The number of methoxy groups -OCH3 is 1. The molecule has 1 fully saturated rings. The van der Waals surface area contributed by atoms with Crippen LogP contribution in [0.1, 0.15) is 42.0 Å². The van der Waals surface area contributed by atoms with Gasteiger partial charge in [0.05, 0.1) is 13.2 Å². The Balaban J connectivity index is 1.46. The highest BCUT2D eigenvalue weighted by molar-refractivity contribution is 5.33. The number of hydrogen-bond donors (Lipinski definition) is 1. The molecule has 1 saturated heterocycles. The molecule has 162 valence electrons. The second kappa shape index (κ2) is 11.1. The first-order chi connectivity index (χ1) is 15.3. The minimum atomic E-state index is 0.403. The van der Waals surface area contributed by atoms with Crippen LogP contribution in [-0.4, -0.2) is 31.1 Å². The van der Waals surface area contributed by atoms with Crippen molar-refractivity contribution < 1.29 is 4.74 Å². The van der Waals surface area contributed by atoms with Gasteiger partial charge in [0, 0.05) is 18.2 Å². The van der Waals surface area contributed by atoms with Gasteiger partial charge >= 0.3 is 0 Å². The van der Waals surface area contributed by atoms with Crippen LogP contribution in [0.4, 0.5) is 0 Å². The molecule has 0 radical (unpaired) electrons. The lowest BCUT2D eigenvalue weighted by atomic mass is 9.89. The predicted octanol–water partition coefficient (Wildman–Crippen LogP) is 5.62. The zero-order chi connectivity index (χ0) is 21.3. The fourth-order valence-corrected chi connectivity index (χ4v) is 4.84. The highest BCUT2D eigenvalue weighted by Gasteiger charge is 2.32. The Labute approximate surface area is 187 Å². The van der Waals surface area contributed by atoms with Crippen LogP contribution >= 0.6 is 0 Å². The number of hydrogen-bond acceptors (Lipinski definition) is 3. The van der Waals surface area contributed by atoms with E-state index >= 15 is 0 Å². The fourth-order valence-electron chi connectivity index (χ4n) is 4.84. The molecule has 3 heteroatoms. The molecule has 2 unspecified atom stereocenters. The van der Waals surface area contributed by atoms with E-state index in [9.17, 15) is 0 Å². The van der Waals surface area contributed by atoms with Crippen molar-refractivity contribution in [2.75, 3.05) is 20.2 Å². The van der Waals surface area contributed by atoms with Gasteiger partial charge in [0.1, 0.15) is 5.75 Å². The van der Waals surface area contributed by atoms with Crippen molar-refractivity contribution in [1.29, 1.82) is 0 Å². The second-order valence-corrected chi connectivity index (χ2v) is 8.42. The molecule has 4 rings (SSSR count). The number of para-hydroxylation sites is 1. The molecule has 0 aromatic heterocycles. The van der Waals surface area contributed by atoms with E-state index in [2.05, 4.69) is 83.0 Å². The normalized spacial score (nSPS) is 19.3. The fraction of sp³-hybridized carbons (Fsp3) is 0.357. The molecule has 0 amide bonds. The summed E-state index contributed by atoms with van der Waals surface area (Å²) in [7, 11) is 1.75. The monoisotopic (exact) mass is 414 g/mol. The molecule has 1 aliphatic rings. The van der Waals surface area contributed by atoms with Crippen LogP contribution in [-0.2, 0) is 13.0 Å². The first-order valence-corrected chi connectivity index (χ1v) is 11.5. The Kier molecular flexibility index (Phi) is 7.76. The number of nitrogens with zero attached hydrogens (tertiary/aromatic N) is 1. The number of aryl methyl sites for hydroxylation is 1. The maximum atomic E-state index is 5.56. The average molecular weight is 415 g/mol. The molecule has 0 bridgehead atoms. The van der Waals surface area contributed by atoms with E-state index in [1.54, 1.807) is 7.11 Å². The predicted molar refractivity (Wildman–Crippen MR) is 128 cm³/mol. The summed E-state index contributed by atoms with van der Waals surface area (Å²) in [5, 5.41) is 3.88. The molecule has 1 N–H and O–H groups in total. The maximum absolute atomic E-state index is 5.56. The van der Waals surface area contributed by atoms with Crippen molar-refractivity contribution >= 4 is 0 Å². The van der Waals surface area contributed by atoms with E-state index in [0.29, 0.717) is 12.1 Å². The molecular formula is C28H34N2O. The number of rotatable bonds is 9. The average Bonchev–Trinajstić information content (AvgIpc) is 2.84. The van der Waals surface area contributed by atoms with Gasteiger partial charge in [0.15, 0.2) is 0 Å². The third-order valence-electron chi connectivity index (χ3n) is 6.38. The van der Waals surface area contributed by atoms with Crippen LogP contribution in [0.25, 0.3) is 0 Å². The van der Waals surface area contributed by atoms with Gasteiger partial charge in [0.25, 0.3) is 0 Å². The standard InChI is InChI=1S/C28H34N2O/c1-31-27-19-9-8-17-25(27)22-29-26-18-11-21-30(28(26)24-15-6-3-7-16-24)20-10-14-23-12-4-2-5-13-23/h2-9,12-13,15-17,19,26,28-29H,10-11,14,18,20-22H2,1H3. The van der Waals surface area contributed by atoms with Crippen LogP contribution in [0, 0.1) is 0 Å². The molecule has 3 aromatic carbocycles. The molecule has 3 aromatic rings. The summed E-state index contributed by atoms with van der Waals surface area (Å²) in [5.74, 6) is 0.960. The topological polar surface area (TPSA) is 24.5 Å². The Bertz CT molecular complexity index is 913. The summed E-state index contributed by atoms with van der Waals surface area (Å²) in [5.41, 5.74) is 4.07. The van der Waals surface area contributed by atoms with Crippen molar-refractivity contribution in [2.45, 2.75) is 44.3 Å².